The molecule has 0 bridgehead atoms. The number of hydrogen-bond acceptors (Lipinski definition) is 4. The molecule has 1 heterocycles. The predicted octanol–water partition coefficient (Wildman–Crippen LogP) is 2.86. The number of rotatable bonds is 8. The van der Waals surface area contributed by atoms with Gasteiger partial charge in [-0.2, -0.15) is 0 Å². The number of carboxylic acids is 1. The van der Waals surface area contributed by atoms with Gasteiger partial charge in [-0.05, 0) is 61.8 Å². The molecule has 2 aliphatic rings. The number of amides is 1. The average molecular weight is 393 g/mol. The van der Waals surface area contributed by atoms with E-state index in [4.69, 9.17) is 5.11 Å². The number of aliphatic hydroxyl groups is 2. The van der Waals surface area contributed by atoms with E-state index < -0.39 is 24.6 Å². The first-order chi connectivity index (χ1) is 13.3. The Kier molecular flexibility index (Phi) is 6.35. The molecule has 0 radical (unpaired) electrons. The molecule has 1 saturated carbocycles. The number of halogens is 1. The molecule has 1 saturated heterocycles. The molecule has 3 N–H and O–H groups in total. The van der Waals surface area contributed by atoms with Crippen molar-refractivity contribution in [3.05, 3.63) is 30.1 Å². The van der Waals surface area contributed by atoms with Crippen molar-refractivity contribution in [2.45, 2.75) is 76.0 Å². The van der Waals surface area contributed by atoms with E-state index in [1.165, 1.54) is 12.1 Å². The summed E-state index contributed by atoms with van der Waals surface area (Å²) < 4.78 is 13.3. The second-order valence-electron chi connectivity index (χ2n) is 8.22. The van der Waals surface area contributed by atoms with Gasteiger partial charge in [-0.15, -0.1) is 0 Å². The van der Waals surface area contributed by atoms with Gasteiger partial charge in [0, 0.05) is 18.2 Å². The number of anilines is 1. The fourth-order valence-corrected chi connectivity index (χ4v) is 4.97. The zero-order chi connectivity index (χ0) is 20.3. The van der Waals surface area contributed by atoms with Crippen LogP contribution in [0.25, 0.3) is 0 Å². The molecule has 2 fully saturated rings. The van der Waals surface area contributed by atoms with Gasteiger partial charge in [0.2, 0.25) is 5.91 Å². The number of aliphatic hydroxyl groups excluding tert-OH is 2. The van der Waals surface area contributed by atoms with Crippen LogP contribution in [0, 0.1) is 11.2 Å². The van der Waals surface area contributed by atoms with Gasteiger partial charge in [0.1, 0.15) is 5.82 Å². The fourth-order valence-electron chi connectivity index (χ4n) is 4.97. The van der Waals surface area contributed by atoms with E-state index in [0.717, 1.165) is 25.7 Å². The number of benzene rings is 1. The quantitative estimate of drug-likeness (QED) is 0.631. The second kappa shape index (κ2) is 8.57. The summed E-state index contributed by atoms with van der Waals surface area (Å²) in [5.41, 5.74) is 0.547. The van der Waals surface area contributed by atoms with E-state index in [-0.39, 0.29) is 29.6 Å². The van der Waals surface area contributed by atoms with E-state index in [1.807, 2.05) is 0 Å². The van der Waals surface area contributed by atoms with Crippen LogP contribution in [0.4, 0.5) is 10.1 Å². The molecule has 154 valence electrons. The molecule has 1 spiro atoms. The van der Waals surface area contributed by atoms with E-state index in [9.17, 15) is 24.2 Å². The summed E-state index contributed by atoms with van der Waals surface area (Å²) in [5, 5.41) is 28.8. The van der Waals surface area contributed by atoms with E-state index >= 15 is 0 Å². The highest BCUT2D eigenvalue weighted by atomic mass is 19.1. The Morgan fingerprint density at radius 3 is 2.43 bits per heavy atom. The van der Waals surface area contributed by atoms with Crippen LogP contribution in [-0.2, 0) is 9.59 Å². The van der Waals surface area contributed by atoms with Gasteiger partial charge in [0.15, 0.2) is 0 Å². The molecule has 28 heavy (non-hydrogen) atoms. The summed E-state index contributed by atoms with van der Waals surface area (Å²) in [7, 11) is 0. The van der Waals surface area contributed by atoms with Gasteiger partial charge >= 0.3 is 5.97 Å². The van der Waals surface area contributed by atoms with Crippen LogP contribution in [0.1, 0.15) is 57.8 Å². The Labute approximate surface area is 164 Å². The first-order valence-corrected chi connectivity index (χ1v) is 9.96. The molecule has 6 nitrogen and oxygen atoms in total. The van der Waals surface area contributed by atoms with Gasteiger partial charge in [0.25, 0.3) is 0 Å². The topological polar surface area (TPSA) is 98.1 Å². The van der Waals surface area contributed by atoms with Crippen LogP contribution < -0.4 is 4.90 Å². The number of aliphatic carboxylic acids is 1. The number of carbonyl (C=O) groups is 2. The van der Waals surface area contributed by atoms with Crippen molar-refractivity contribution in [1.82, 2.24) is 0 Å². The van der Waals surface area contributed by atoms with Crippen LogP contribution >= 0.6 is 0 Å². The summed E-state index contributed by atoms with van der Waals surface area (Å²) in [6.45, 7) is 0. The third-order valence-electron chi connectivity index (χ3n) is 6.22. The third kappa shape index (κ3) is 4.52. The maximum Gasteiger partial charge on any atom is 0.305 e. The van der Waals surface area contributed by atoms with Gasteiger partial charge in [-0.25, -0.2) is 4.39 Å². The second-order valence-corrected chi connectivity index (χ2v) is 8.22. The molecule has 3 atom stereocenters. The Morgan fingerprint density at radius 1 is 1.18 bits per heavy atom. The van der Waals surface area contributed by atoms with Gasteiger partial charge in [-0.1, -0.05) is 12.8 Å². The zero-order valence-corrected chi connectivity index (χ0v) is 15.9. The maximum absolute atomic E-state index is 13.3. The molecular weight excluding hydrogens is 365 g/mol. The highest BCUT2D eigenvalue weighted by molar-refractivity contribution is 5.97. The fraction of sp³-hybridized carbons (Fsp3) is 0.619. The Morgan fingerprint density at radius 2 is 1.82 bits per heavy atom. The van der Waals surface area contributed by atoms with Gasteiger partial charge < -0.3 is 20.2 Å². The Hall–Kier alpha value is -1.99. The van der Waals surface area contributed by atoms with Crippen molar-refractivity contribution in [3.63, 3.8) is 0 Å². The lowest BCUT2D eigenvalue weighted by Gasteiger charge is -2.35. The van der Waals surface area contributed by atoms with Crippen LogP contribution in [0.2, 0.25) is 0 Å². The lowest BCUT2D eigenvalue weighted by Crippen LogP contribution is -2.40. The number of carbonyl (C=O) groups excluding carboxylic acids is 1. The molecule has 1 aromatic carbocycles. The SMILES string of the molecule is O=C(O)C[C@@H](O)CC(O)CCC1N(c2ccc(F)cc2)C(=O)CC12CCCC2. The third-order valence-corrected chi connectivity index (χ3v) is 6.22. The standard InChI is InChI=1S/C21H28FNO5/c22-14-3-5-15(6-4-14)23-18(21(13-19(23)26)9-1-2-10-21)8-7-16(24)11-17(25)12-20(27)28/h3-6,16-18,24-25H,1-2,7-13H2,(H,27,28)/t16?,17-,18?/m0/s1. The van der Waals surface area contributed by atoms with Crippen LogP contribution in [0.15, 0.2) is 24.3 Å². The summed E-state index contributed by atoms with van der Waals surface area (Å²) in [6, 6.07) is 5.83. The van der Waals surface area contributed by atoms with E-state index in [0.29, 0.717) is 24.9 Å². The highest BCUT2D eigenvalue weighted by Gasteiger charge is 2.52. The van der Waals surface area contributed by atoms with Gasteiger partial charge in [0.05, 0.1) is 18.6 Å². The molecule has 1 aliphatic carbocycles. The van der Waals surface area contributed by atoms with Crippen LogP contribution in [-0.4, -0.2) is 45.4 Å². The molecule has 7 heteroatoms. The average Bonchev–Trinajstić information content (AvgIpc) is 3.18. The van der Waals surface area contributed by atoms with Crippen molar-refractivity contribution in [2.75, 3.05) is 4.90 Å². The lowest BCUT2D eigenvalue weighted by atomic mass is 9.76. The predicted molar refractivity (Wildman–Crippen MR) is 101 cm³/mol. The minimum Gasteiger partial charge on any atom is -0.481 e. The van der Waals surface area contributed by atoms with Crippen molar-refractivity contribution in [1.29, 1.82) is 0 Å². The van der Waals surface area contributed by atoms with E-state index in [2.05, 4.69) is 0 Å². The van der Waals surface area contributed by atoms with Crippen molar-refractivity contribution < 1.29 is 29.3 Å². The first kappa shape index (κ1) is 20.7. The highest BCUT2D eigenvalue weighted by Crippen LogP contribution is 2.52. The van der Waals surface area contributed by atoms with Crippen molar-refractivity contribution in [2.24, 2.45) is 5.41 Å². The Balaban J connectivity index is 1.72. The monoisotopic (exact) mass is 393 g/mol. The zero-order valence-electron chi connectivity index (χ0n) is 15.9. The molecule has 1 aliphatic heterocycles. The molecule has 2 unspecified atom stereocenters. The number of nitrogens with zero attached hydrogens (tertiary/aromatic N) is 1. The van der Waals surface area contributed by atoms with Gasteiger partial charge in [-0.3, -0.25) is 9.59 Å². The molecule has 3 rings (SSSR count). The molecule has 0 aromatic heterocycles. The molecule has 1 amide bonds. The maximum atomic E-state index is 13.3. The summed E-state index contributed by atoms with van der Waals surface area (Å²) in [4.78, 5) is 25.3. The van der Waals surface area contributed by atoms with Crippen LogP contribution in [0.3, 0.4) is 0 Å². The largest absolute Gasteiger partial charge is 0.481 e. The smallest absolute Gasteiger partial charge is 0.305 e. The number of carboxylic acid groups (broad SMARTS) is 1. The summed E-state index contributed by atoms with van der Waals surface area (Å²) >= 11 is 0. The first-order valence-electron chi connectivity index (χ1n) is 9.96. The van der Waals surface area contributed by atoms with Crippen molar-refractivity contribution in [3.8, 4) is 0 Å². The van der Waals surface area contributed by atoms with Crippen LogP contribution in [0.5, 0.6) is 0 Å². The number of hydrogen-bond donors (Lipinski definition) is 3. The summed E-state index contributed by atoms with van der Waals surface area (Å²) in [5.74, 6) is -1.43. The summed E-state index contributed by atoms with van der Waals surface area (Å²) in [6.07, 6.45) is 3.12. The molecular formula is C21H28FNO5. The minimum atomic E-state index is -1.10. The van der Waals surface area contributed by atoms with Crippen molar-refractivity contribution >= 4 is 17.6 Å². The van der Waals surface area contributed by atoms with E-state index in [1.54, 1.807) is 17.0 Å². The minimum absolute atomic E-state index is 0.00346. The normalized spacial score (nSPS) is 23.3. The lowest BCUT2D eigenvalue weighted by molar-refractivity contribution is -0.139. The Bertz CT molecular complexity index is 701. The molecule has 1 aromatic rings.